The lowest BCUT2D eigenvalue weighted by molar-refractivity contribution is -0.149. The van der Waals surface area contributed by atoms with Crippen LogP contribution in [0.2, 0.25) is 0 Å². The molecule has 1 spiro atoms. The van der Waals surface area contributed by atoms with Gasteiger partial charge in [0, 0.05) is 56.0 Å². The fourth-order valence-electron chi connectivity index (χ4n) is 6.97. The van der Waals surface area contributed by atoms with E-state index in [0.29, 0.717) is 49.9 Å². The van der Waals surface area contributed by atoms with Gasteiger partial charge in [-0.1, -0.05) is 27.2 Å². The van der Waals surface area contributed by atoms with E-state index in [1.165, 1.54) is 32.1 Å². The average Bonchev–Trinajstić information content (AvgIpc) is 3.24. The van der Waals surface area contributed by atoms with Gasteiger partial charge in [-0.3, -0.25) is 9.59 Å². The molecular formula is C30H42N4O4. The molecule has 2 aromatic heterocycles. The number of amides is 2. The van der Waals surface area contributed by atoms with Crippen molar-refractivity contribution in [2.24, 2.45) is 5.41 Å². The topological polar surface area (TPSA) is 87.9 Å². The lowest BCUT2D eigenvalue weighted by atomic mass is 9.51. The van der Waals surface area contributed by atoms with E-state index in [0.717, 1.165) is 28.9 Å². The number of carbonyl (C=O) groups is 2. The fourth-order valence-corrected chi connectivity index (χ4v) is 6.97. The number of hydrogen-bond donors (Lipinski definition) is 1. The Bertz CT molecular complexity index is 1240. The molecule has 4 aliphatic rings. The molecule has 2 amide bonds. The molecule has 0 radical (unpaired) electrons. The normalized spacial score (nSPS) is 25.3. The number of nitrogens with one attached hydrogen (secondary N) is 1. The van der Waals surface area contributed by atoms with Crippen LogP contribution < -0.4 is 5.32 Å². The van der Waals surface area contributed by atoms with Crippen LogP contribution in [0.5, 0.6) is 0 Å². The number of aromatic nitrogens is 1. The van der Waals surface area contributed by atoms with Crippen molar-refractivity contribution in [3.63, 3.8) is 0 Å². The van der Waals surface area contributed by atoms with Crippen molar-refractivity contribution < 1.29 is 18.7 Å². The second-order valence-electron chi connectivity index (χ2n) is 13.7. The lowest BCUT2D eigenvalue weighted by Gasteiger charge is -2.54. The van der Waals surface area contributed by atoms with E-state index in [9.17, 15) is 9.59 Å². The quantitative estimate of drug-likeness (QED) is 0.649. The Hall–Kier alpha value is -2.45. The molecule has 2 aliphatic carbocycles. The fraction of sp³-hybridized carbons (Fsp3) is 0.700. The molecule has 6 rings (SSSR count). The van der Waals surface area contributed by atoms with Gasteiger partial charge in [-0.2, -0.15) is 0 Å². The SMILES string of the molecule is CC(C)(C)c1cc(C2CC3(CCC3)C2)nc2cc(C(=O)N3CCN(C(=O)[C@H]4CNCCO4)CC3(C)C)oc12. The predicted octanol–water partition coefficient (Wildman–Crippen LogP) is 4.22. The van der Waals surface area contributed by atoms with Gasteiger partial charge in [0.1, 0.15) is 11.6 Å². The molecule has 38 heavy (non-hydrogen) atoms. The molecule has 0 bridgehead atoms. The van der Waals surface area contributed by atoms with Crippen molar-refractivity contribution in [1.29, 1.82) is 0 Å². The Labute approximate surface area is 225 Å². The number of nitrogens with zero attached hydrogens (tertiary/aromatic N) is 3. The summed E-state index contributed by atoms with van der Waals surface area (Å²) in [5.41, 5.74) is 3.66. The van der Waals surface area contributed by atoms with Gasteiger partial charge in [-0.05, 0) is 56.4 Å². The standard InChI is InChI=1S/C30H42N4O4/c1-28(2,3)20-13-21(19-15-30(16-19)7-6-8-30)32-22-14-23(38-25(20)22)27(36)34-11-10-33(18-29(34,4)5)26(35)24-17-31-9-12-37-24/h13-14,19,24,31H,6-12,15-18H2,1-5H3/t24-/m1/s1. The van der Waals surface area contributed by atoms with Gasteiger partial charge in [-0.25, -0.2) is 4.98 Å². The van der Waals surface area contributed by atoms with E-state index >= 15 is 0 Å². The van der Waals surface area contributed by atoms with Gasteiger partial charge in [0.2, 0.25) is 0 Å². The molecule has 2 saturated carbocycles. The van der Waals surface area contributed by atoms with Crippen molar-refractivity contribution in [2.45, 2.75) is 89.7 Å². The highest BCUT2D eigenvalue weighted by Crippen LogP contribution is 2.61. The number of hydrogen-bond acceptors (Lipinski definition) is 6. The summed E-state index contributed by atoms with van der Waals surface area (Å²) in [6.45, 7) is 13.8. The zero-order valence-electron chi connectivity index (χ0n) is 23.6. The van der Waals surface area contributed by atoms with E-state index in [-0.39, 0.29) is 17.2 Å². The Balaban J connectivity index is 1.24. The van der Waals surface area contributed by atoms with Crippen LogP contribution in [0.3, 0.4) is 0 Å². The molecule has 8 nitrogen and oxygen atoms in total. The van der Waals surface area contributed by atoms with Crippen molar-refractivity contribution in [1.82, 2.24) is 20.1 Å². The number of pyridine rings is 1. The van der Waals surface area contributed by atoms with Crippen molar-refractivity contribution >= 4 is 22.9 Å². The first kappa shape index (κ1) is 25.8. The van der Waals surface area contributed by atoms with Crippen LogP contribution in [0.4, 0.5) is 0 Å². The van der Waals surface area contributed by atoms with Crippen LogP contribution >= 0.6 is 0 Å². The third-order valence-corrected chi connectivity index (χ3v) is 9.37. The minimum Gasteiger partial charge on any atom is -0.449 e. The smallest absolute Gasteiger partial charge is 0.290 e. The van der Waals surface area contributed by atoms with Crippen LogP contribution in [0.25, 0.3) is 11.1 Å². The first-order chi connectivity index (χ1) is 18.0. The molecule has 4 heterocycles. The first-order valence-corrected chi connectivity index (χ1v) is 14.3. The summed E-state index contributed by atoms with van der Waals surface area (Å²) >= 11 is 0. The van der Waals surface area contributed by atoms with Crippen molar-refractivity contribution in [2.75, 3.05) is 39.3 Å². The maximum Gasteiger partial charge on any atom is 0.290 e. The maximum atomic E-state index is 13.8. The minimum absolute atomic E-state index is 0.00710. The lowest BCUT2D eigenvalue weighted by Crippen LogP contribution is -2.64. The first-order valence-electron chi connectivity index (χ1n) is 14.3. The predicted molar refractivity (Wildman–Crippen MR) is 145 cm³/mol. The van der Waals surface area contributed by atoms with Crippen LogP contribution in [0.1, 0.15) is 94.5 Å². The molecule has 4 fully saturated rings. The summed E-state index contributed by atoms with van der Waals surface area (Å²) in [7, 11) is 0. The highest BCUT2D eigenvalue weighted by atomic mass is 16.5. The van der Waals surface area contributed by atoms with Gasteiger partial charge in [0.15, 0.2) is 11.3 Å². The van der Waals surface area contributed by atoms with Crippen LogP contribution in [-0.4, -0.2) is 77.6 Å². The third kappa shape index (κ3) is 4.43. The van der Waals surface area contributed by atoms with E-state index in [4.69, 9.17) is 14.1 Å². The zero-order chi connectivity index (χ0) is 26.9. The average molecular weight is 523 g/mol. The van der Waals surface area contributed by atoms with E-state index in [2.05, 4.69) is 32.2 Å². The summed E-state index contributed by atoms with van der Waals surface area (Å²) in [6.07, 6.45) is 6.10. The Morgan fingerprint density at radius 3 is 2.50 bits per heavy atom. The number of fused-ring (bicyclic) bond motifs is 1. The van der Waals surface area contributed by atoms with E-state index in [1.54, 1.807) is 0 Å². The Kier molecular flexibility index (Phi) is 6.15. The highest BCUT2D eigenvalue weighted by Gasteiger charge is 2.49. The molecule has 2 saturated heterocycles. The largest absolute Gasteiger partial charge is 0.449 e. The van der Waals surface area contributed by atoms with Gasteiger partial charge in [0.05, 0.1) is 12.1 Å². The number of rotatable bonds is 3. The van der Waals surface area contributed by atoms with Gasteiger partial charge in [0.25, 0.3) is 11.8 Å². The molecule has 1 atom stereocenters. The second-order valence-corrected chi connectivity index (χ2v) is 13.7. The molecular weight excluding hydrogens is 480 g/mol. The summed E-state index contributed by atoms with van der Waals surface area (Å²) < 4.78 is 12.0. The molecule has 2 aliphatic heterocycles. The monoisotopic (exact) mass is 522 g/mol. The Morgan fingerprint density at radius 2 is 1.89 bits per heavy atom. The Morgan fingerprint density at radius 1 is 1.13 bits per heavy atom. The van der Waals surface area contributed by atoms with Crippen LogP contribution in [0, 0.1) is 5.41 Å². The van der Waals surface area contributed by atoms with E-state index in [1.807, 2.05) is 29.7 Å². The number of carbonyl (C=O) groups excluding carboxylic acids is 2. The third-order valence-electron chi connectivity index (χ3n) is 9.37. The summed E-state index contributed by atoms with van der Waals surface area (Å²) in [4.78, 5) is 35.6. The summed E-state index contributed by atoms with van der Waals surface area (Å²) in [5.74, 6) is 0.677. The van der Waals surface area contributed by atoms with Gasteiger partial charge in [-0.15, -0.1) is 0 Å². The molecule has 2 aromatic rings. The highest BCUT2D eigenvalue weighted by molar-refractivity contribution is 5.96. The number of ether oxygens (including phenoxy) is 1. The molecule has 206 valence electrons. The number of morpholine rings is 1. The molecule has 8 heteroatoms. The van der Waals surface area contributed by atoms with E-state index < -0.39 is 11.6 Å². The number of furan rings is 1. The molecule has 1 N–H and O–H groups in total. The second kappa shape index (κ2) is 9.05. The molecule has 0 aromatic carbocycles. The van der Waals surface area contributed by atoms with Crippen molar-refractivity contribution in [3.8, 4) is 0 Å². The summed E-state index contributed by atoms with van der Waals surface area (Å²) in [6, 6.07) is 4.07. The maximum absolute atomic E-state index is 13.8. The number of piperazine rings is 1. The van der Waals surface area contributed by atoms with Crippen LogP contribution in [-0.2, 0) is 14.9 Å². The summed E-state index contributed by atoms with van der Waals surface area (Å²) in [5, 5.41) is 3.22. The van der Waals surface area contributed by atoms with Gasteiger partial charge < -0.3 is 24.3 Å². The van der Waals surface area contributed by atoms with Crippen LogP contribution in [0.15, 0.2) is 16.5 Å². The van der Waals surface area contributed by atoms with Crippen molar-refractivity contribution in [3.05, 3.63) is 29.2 Å². The molecule has 0 unspecified atom stereocenters. The minimum atomic E-state index is -0.541. The zero-order valence-corrected chi connectivity index (χ0v) is 23.6. The van der Waals surface area contributed by atoms with Gasteiger partial charge >= 0.3 is 0 Å².